The number of benzene rings is 1. The lowest BCUT2D eigenvalue weighted by Crippen LogP contribution is -2.48. The van der Waals surface area contributed by atoms with Crippen molar-refractivity contribution < 1.29 is 9.59 Å². The lowest BCUT2D eigenvalue weighted by molar-refractivity contribution is -0.131. The van der Waals surface area contributed by atoms with Crippen LogP contribution in [-0.2, 0) is 11.2 Å². The zero-order valence-electron chi connectivity index (χ0n) is 19.0. The normalized spacial score (nSPS) is 14.2. The van der Waals surface area contributed by atoms with E-state index in [1.165, 1.54) is 11.8 Å². The average Bonchev–Trinajstić information content (AvgIpc) is 3.22. The molecule has 1 aliphatic rings. The van der Waals surface area contributed by atoms with Crippen LogP contribution in [0.15, 0.2) is 29.4 Å². The number of aryl methyl sites for hydroxylation is 2. The topological polar surface area (TPSA) is 83.7 Å². The van der Waals surface area contributed by atoms with Crippen molar-refractivity contribution >= 4 is 34.9 Å². The molecule has 1 saturated heterocycles. The van der Waals surface area contributed by atoms with Crippen molar-refractivity contribution in [3.05, 3.63) is 46.8 Å². The Morgan fingerprint density at radius 2 is 1.72 bits per heavy atom. The highest BCUT2D eigenvalue weighted by atomic mass is 32.2. The van der Waals surface area contributed by atoms with Gasteiger partial charge in [-0.3, -0.25) is 9.59 Å². The third kappa shape index (κ3) is 4.48. The van der Waals surface area contributed by atoms with Crippen molar-refractivity contribution in [1.82, 2.24) is 24.5 Å². The predicted molar refractivity (Wildman–Crippen MR) is 126 cm³/mol. The molecule has 1 fully saturated rings. The largest absolute Gasteiger partial charge is 0.368 e. The maximum absolute atomic E-state index is 12.9. The Labute approximate surface area is 192 Å². The minimum atomic E-state index is 0.0697. The number of nitrogens with zero attached hydrogens (tertiary/aromatic N) is 6. The number of amides is 1. The van der Waals surface area contributed by atoms with Gasteiger partial charge in [0.25, 0.3) is 5.78 Å². The van der Waals surface area contributed by atoms with Gasteiger partial charge in [-0.2, -0.15) is 4.98 Å². The van der Waals surface area contributed by atoms with Gasteiger partial charge < -0.3 is 9.80 Å². The number of hydrogen-bond donors (Lipinski definition) is 0. The van der Waals surface area contributed by atoms with Crippen LogP contribution in [0.3, 0.4) is 0 Å². The minimum absolute atomic E-state index is 0.0697. The molecule has 3 aromatic rings. The van der Waals surface area contributed by atoms with E-state index in [0.29, 0.717) is 36.9 Å². The van der Waals surface area contributed by atoms with Crippen LogP contribution in [0.25, 0.3) is 5.78 Å². The molecule has 0 spiro atoms. The summed E-state index contributed by atoms with van der Waals surface area (Å²) in [6.45, 7) is 8.52. The average molecular weight is 453 g/mol. The Kier molecular flexibility index (Phi) is 6.45. The summed E-state index contributed by atoms with van der Waals surface area (Å²) in [7, 11) is 0. The van der Waals surface area contributed by atoms with Crippen molar-refractivity contribution in [1.29, 1.82) is 0 Å². The fourth-order valence-corrected chi connectivity index (χ4v) is 4.49. The van der Waals surface area contributed by atoms with Gasteiger partial charge in [0.2, 0.25) is 11.1 Å². The fourth-order valence-electron chi connectivity index (χ4n) is 4.15. The number of ketones is 1. The highest BCUT2D eigenvalue weighted by Crippen LogP contribution is 2.20. The molecule has 0 saturated carbocycles. The lowest BCUT2D eigenvalue weighted by Gasteiger charge is -2.36. The van der Waals surface area contributed by atoms with Crippen LogP contribution in [0.4, 0.5) is 5.69 Å². The first kappa shape index (κ1) is 22.3. The van der Waals surface area contributed by atoms with Crippen LogP contribution >= 0.6 is 11.8 Å². The van der Waals surface area contributed by atoms with Crippen LogP contribution in [0.2, 0.25) is 0 Å². The molecule has 1 aliphatic heterocycles. The molecule has 1 amide bonds. The second-order valence-corrected chi connectivity index (χ2v) is 8.82. The first-order valence-corrected chi connectivity index (χ1v) is 12.0. The number of piperazine rings is 1. The number of fused-ring (bicyclic) bond motifs is 1. The lowest BCUT2D eigenvalue weighted by atomic mass is 10.1. The minimum Gasteiger partial charge on any atom is -0.368 e. The van der Waals surface area contributed by atoms with Crippen LogP contribution < -0.4 is 4.90 Å². The number of hydrogen-bond acceptors (Lipinski definition) is 7. The molecule has 0 N–H and O–H groups in total. The Morgan fingerprint density at radius 1 is 1.03 bits per heavy atom. The number of carbonyl (C=O) groups is 2. The Balaban J connectivity index is 1.36. The summed E-state index contributed by atoms with van der Waals surface area (Å²) in [4.78, 5) is 37.5. The first-order chi connectivity index (χ1) is 15.4. The summed E-state index contributed by atoms with van der Waals surface area (Å²) >= 11 is 1.49. The van der Waals surface area contributed by atoms with Gasteiger partial charge in [0.1, 0.15) is 0 Å². The molecule has 32 heavy (non-hydrogen) atoms. The van der Waals surface area contributed by atoms with E-state index in [9.17, 15) is 9.59 Å². The Hall–Kier alpha value is -2.94. The van der Waals surface area contributed by atoms with Crippen molar-refractivity contribution in [2.24, 2.45) is 0 Å². The van der Waals surface area contributed by atoms with Gasteiger partial charge in [0.15, 0.2) is 5.78 Å². The molecule has 2 aromatic heterocycles. The molecule has 1 aromatic carbocycles. The van der Waals surface area contributed by atoms with E-state index in [4.69, 9.17) is 0 Å². The van der Waals surface area contributed by atoms with E-state index >= 15 is 0 Å². The molecule has 0 radical (unpaired) electrons. The van der Waals surface area contributed by atoms with Gasteiger partial charge in [0.05, 0.1) is 0 Å². The maximum atomic E-state index is 12.9. The van der Waals surface area contributed by atoms with Crippen LogP contribution in [0.5, 0.6) is 0 Å². The van der Waals surface area contributed by atoms with Gasteiger partial charge in [-0.05, 0) is 63.3 Å². The Bertz CT molecular complexity index is 1150. The molecule has 0 aliphatic carbocycles. The quantitative estimate of drug-likeness (QED) is 0.420. The second-order valence-electron chi connectivity index (χ2n) is 8.04. The van der Waals surface area contributed by atoms with Crippen LogP contribution in [0, 0.1) is 13.8 Å². The highest BCUT2D eigenvalue weighted by Gasteiger charge is 2.22. The van der Waals surface area contributed by atoms with E-state index in [1.807, 2.05) is 49.3 Å². The molecule has 0 unspecified atom stereocenters. The predicted octanol–water partition coefficient (Wildman–Crippen LogP) is 2.95. The summed E-state index contributed by atoms with van der Waals surface area (Å²) in [6, 6.07) is 7.69. The molecule has 168 valence electrons. The number of anilines is 1. The van der Waals surface area contributed by atoms with Crippen LogP contribution in [0.1, 0.15) is 40.7 Å². The zero-order valence-corrected chi connectivity index (χ0v) is 19.8. The number of aromatic nitrogens is 4. The third-order valence-electron chi connectivity index (χ3n) is 6.07. The molecular weight excluding hydrogens is 424 g/mol. The summed E-state index contributed by atoms with van der Waals surface area (Å²) < 4.78 is 1.77. The van der Waals surface area contributed by atoms with Crippen molar-refractivity contribution in [2.75, 3.05) is 37.3 Å². The van der Waals surface area contributed by atoms with Gasteiger partial charge in [-0.25, -0.2) is 9.50 Å². The van der Waals surface area contributed by atoms with Gasteiger partial charge in [0, 0.05) is 55.2 Å². The fraction of sp³-hybridized carbons (Fsp3) is 0.435. The molecule has 9 heteroatoms. The second kappa shape index (κ2) is 9.28. The van der Waals surface area contributed by atoms with Crippen molar-refractivity contribution in [2.45, 2.75) is 38.8 Å². The summed E-state index contributed by atoms with van der Waals surface area (Å²) in [5.74, 6) is 0.839. The molecule has 4 rings (SSSR count). The van der Waals surface area contributed by atoms with E-state index in [2.05, 4.69) is 20.0 Å². The summed E-state index contributed by atoms with van der Waals surface area (Å²) in [6.07, 6.45) is 3.03. The van der Waals surface area contributed by atoms with E-state index in [1.54, 1.807) is 11.4 Å². The summed E-state index contributed by atoms with van der Waals surface area (Å²) in [5, 5.41) is 5.18. The summed E-state index contributed by atoms with van der Waals surface area (Å²) in [5.41, 5.74) is 4.77. The van der Waals surface area contributed by atoms with Crippen molar-refractivity contribution in [3.63, 3.8) is 0 Å². The van der Waals surface area contributed by atoms with Gasteiger partial charge in [-0.15, -0.1) is 5.10 Å². The van der Waals surface area contributed by atoms with Crippen LogP contribution in [-0.4, -0.2) is 68.6 Å². The molecule has 3 heterocycles. The zero-order chi connectivity index (χ0) is 22.8. The standard InChI is InChI=1S/C23H28N6O2S/c1-15-20(16(2)29-22(24-15)25-23(26-29)32-4)9-10-21(31)28-13-11-27(12-14-28)19-7-5-18(6-8-19)17(3)30/h5-8H,9-14H2,1-4H3. The van der Waals surface area contributed by atoms with E-state index < -0.39 is 0 Å². The van der Waals surface area contributed by atoms with Gasteiger partial charge >= 0.3 is 0 Å². The molecular formula is C23H28N6O2S. The van der Waals surface area contributed by atoms with E-state index in [-0.39, 0.29) is 11.7 Å². The molecule has 0 atom stereocenters. The monoisotopic (exact) mass is 452 g/mol. The van der Waals surface area contributed by atoms with Gasteiger partial charge in [-0.1, -0.05) is 11.8 Å². The molecule has 8 nitrogen and oxygen atoms in total. The smallest absolute Gasteiger partial charge is 0.253 e. The highest BCUT2D eigenvalue weighted by molar-refractivity contribution is 7.98. The number of thioether (sulfide) groups is 1. The SMILES string of the molecule is CSc1nc2nc(C)c(CCC(=O)N3CCN(c4ccc(C(C)=O)cc4)CC3)c(C)n2n1. The third-order valence-corrected chi connectivity index (χ3v) is 6.61. The van der Waals surface area contributed by atoms with Crippen molar-refractivity contribution in [3.8, 4) is 0 Å². The van der Waals surface area contributed by atoms with E-state index in [0.717, 1.165) is 41.3 Å². The number of carbonyl (C=O) groups excluding carboxylic acids is 2. The number of rotatable bonds is 6. The first-order valence-electron chi connectivity index (χ1n) is 10.8. The number of Topliss-reactive ketones (excluding diaryl/α,β-unsaturated/α-hetero) is 1. The molecule has 0 bridgehead atoms. The maximum Gasteiger partial charge on any atom is 0.253 e. The Morgan fingerprint density at radius 3 is 2.34 bits per heavy atom.